The Morgan fingerprint density at radius 1 is 1.26 bits per heavy atom. The van der Waals surface area contributed by atoms with Crippen LogP contribution in [0.5, 0.6) is 0 Å². The number of piperidine rings is 1. The Labute approximate surface area is 160 Å². The summed E-state index contributed by atoms with van der Waals surface area (Å²) in [7, 11) is -3.26. The number of sulfonamides is 1. The van der Waals surface area contributed by atoms with E-state index in [9.17, 15) is 13.2 Å². The molecule has 2 fully saturated rings. The zero-order chi connectivity index (χ0) is 19.1. The number of carbonyl (C=O) groups excluding carboxylic acids is 1. The van der Waals surface area contributed by atoms with Crippen LogP contribution >= 0.6 is 0 Å². The first-order valence-electron chi connectivity index (χ1n) is 9.65. The number of rotatable bonds is 6. The van der Waals surface area contributed by atoms with Crippen molar-refractivity contribution in [2.24, 2.45) is 5.92 Å². The lowest BCUT2D eigenvalue weighted by Crippen LogP contribution is -2.56. The minimum atomic E-state index is -3.26. The van der Waals surface area contributed by atoms with Gasteiger partial charge < -0.3 is 9.88 Å². The van der Waals surface area contributed by atoms with Gasteiger partial charge in [-0.25, -0.2) is 13.1 Å². The maximum atomic E-state index is 12.8. The molecule has 0 spiro atoms. The summed E-state index contributed by atoms with van der Waals surface area (Å²) in [5, 5.41) is 1.09. The van der Waals surface area contributed by atoms with E-state index in [1.807, 2.05) is 35.4 Å². The van der Waals surface area contributed by atoms with E-state index >= 15 is 0 Å². The second-order valence-electron chi connectivity index (χ2n) is 8.22. The van der Waals surface area contributed by atoms with E-state index in [1.54, 1.807) is 0 Å². The summed E-state index contributed by atoms with van der Waals surface area (Å²) >= 11 is 0. The molecule has 1 aromatic carbocycles. The van der Waals surface area contributed by atoms with E-state index in [1.165, 1.54) is 19.1 Å². The van der Waals surface area contributed by atoms with E-state index in [4.69, 9.17) is 0 Å². The van der Waals surface area contributed by atoms with Crippen LogP contribution in [0.25, 0.3) is 10.9 Å². The molecule has 1 aromatic heterocycles. The smallest absolute Gasteiger partial charge is 0.227 e. The molecule has 2 aliphatic rings. The van der Waals surface area contributed by atoms with Crippen LogP contribution in [0.2, 0.25) is 0 Å². The summed E-state index contributed by atoms with van der Waals surface area (Å²) in [5.41, 5.74) is 1.67. The Hall–Kier alpha value is -1.86. The normalized spacial score (nSPS) is 20.1. The summed E-state index contributed by atoms with van der Waals surface area (Å²) < 4.78 is 26.6. The molecule has 0 atom stereocenters. The van der Waals surface area contributed by atoms with Gasteiger partial charge in [0.05, 0.1) is 12.7 Å². The number of nitrogens with zero attached hydrogens (tertiary/aromatic N) is 1. The van der Waals surface area contributed by atoms with Crippen LogP contribution < -0.4 is 4.72 Å². The number of H-pyrrole nitrogens is 1. The lowest BCUT2D eigenvalue weighted by molar-refractivity contribution is -0.132. The van der Waals surface area contributed by atoms with E-state index < -0.39 is 10.0 Å². The van der Waals surface area contributed by atoms with Crippen LogP contribution in [0.4, 0.5) is 0 Å². The highest BCUT2D eigenvalue weighted by Crippen LogP contribution is 2.41. The van der Waals surface area contributed by atoms with Crippen LogP contribution in [0.1, 0.15) is 37.7 Å². The van der Waals surface area contributed by atoms with E-state index in [-0.39, 0.29) is 11.4 Å². The maximum absolute atomic E-state index is 12.8. The third-order valence-corrected chi connectivity index (χ3v) is 6.67. The van der Waals surface area contributed by atoms with Crippen LogP contribution in [-0.4, -0.2) is 49.1 Å². The average Bonchev–Trinajstić information content (AvgIpc) is 3.32. The number of amides is 1. The highest BCUT2D eigenvalue weighted by molar-refractivity contribution is 7.88. The Morgan fingerprint density at radius 2 is 1.96 bits per heavy atom. The first kappa shape index (κ1) is 18.5. The number of aromatic nitrogens is 1. The van der Waals surface area contributed by atoms with Crippen molar-refractivity contribution < 1.29 is 13.2 Å². The van der Waals surface area contributed by atoms with Crippen molar-refractivity contribution in [3.05, 3.63) is 36.0 Å². The number of benzene rings is 1. The van der Waals surface area contributed by atoms with Gasteiger partial charge in [-0.15, -0.1) is 0 Å². The number of carbonyl (C=O) groups is 1. The number of nitrogens with one attached hydrogen (secondary N) is 2. The number of hydrogen-bond acceptors (Lipinski definition) is 3. The molecule has 2 N–H and O–H groups in total. The number of likely N-dealkylation sites (tertiary alicyclic amines) is 1. The molecule has 6 nitrogen and oxygen atoms in total. The Bertz CT molecular complexity index is 938. The topological polar surface area (TPSA) is 82.3 Å². The van der Waals surface area contributed by atoms with Crippen LogP contribution in [-0.2, 0) is 21.2 Å². The van der Waals surface area contributed by atoms with Crippen LogP contribution in [0.15, 0.2) is 30.5 Å². The number of para-hydroxylation sites is 1. The molecular formula is C20H27N3O3S. The molecule has 1 saturated carbocycles. The molecule has 7 heteroatoms. The highest BCUT2D eigenvalue weighted by Gasteiger charge is 2.42. The van der Waals surface area contributed by atoms with Crippen molar-refractivity contribution in [1.29, 1.82) is 0 Å². The van der Waals surface area contributed by atoms with Gasteiger partial charge >= 0.3 is 0 Å². The molecule has 0 unspecified atom stereocenters. The van der Waals surface area contributed by atoms with E-state index in [0.29, 0.717) is 38.3 Å². The molecule has 1 aliphatic carbocycles. The van der Waals surface area contributed by atoms with Crippen molar-refractivity contribution in [3.8, 4) is 0 Å². The fourth-order valence-corrected chi connectivity index (χ4v) is 5.43. The van der Waals surface area contributed by atoms with Crippen LogP contribution in [0, 0.1) is 5.92 Å². The summed E-state index contributed by atoms with van der Waals surface area (Å²) in [6.45, 7) is 1.22. The molecule has 0 bridgehead atoms. The lowest BCUT2D eigenvalue weighted by Gasteiger charge is -2.42. The van der Waals surface area contributed by atoms with E-state index in [0.717, 1.165) is 22.9 Å². The zero-order valence-electron chi connectivity index (χ0n) is 15.7. The first-order chi connectivity index (χ1) is 12.8. The quantitative estimate of drug-likeness (QED) is 0.796. The molecule has 2 heterocycles. The Morgan fingerprint density at radius 3 is 2.63 bits per heavy atom. The van der Waals surface area contributed by atoms with Gasteiger partial charge in [0, 0.05) is 35.7 Å². The number of fused-ring (bicyclic) bond motifs is 1. The van der Waals surface area contributed by atoms with Crippen molar-refractivity contribution in [1.82, 2.24) is 14.6 Å². The molecular weight excluding hydrogens is 362 g/mol. The summed E-state index contributed by atoms with van der Waals surface area (Å²) in [4.78, 5) is 17.9. The van der Waals surface area contributed by atoms with Gasteiger partial charge in [-0.2, -0.15) is 0 Å². The van der Waals surface area contributed by atoms with E-state index in [2.05, 4.69) is 9.71 Å². The minimum absolute atomic E-state index is 0.110. The molecule has 0 radical (unpaired) electrons. The summed E-state index contributed by atoms with van der Waals surface area (Å²) in [6, 6.07) is 7.99. The van der Waals surface area contributed by atoms with Crippen LogP contribution in [0.3, 0.4) is 0 Å². The second kappa shape index (κ2) is 6.95. The molecule has 1 aliphatic heterocycles. The number of aromatic amines is 1. The summed E-state index contributed by atoms with van der Waals surface area (Å²) in [6.07, 6.45) is 8.17. The average molecular weight is 390 g/mol. The highest BCUT2D eigenvalue weighted by atomic mass is 32.2. The zero-order valence-corrected chi connectivity index (χ0v) is 16.5. The molecule has 146 valence electrons. The molecule has 4 rings (SSSR count). The third kappa shape index (κ3) is 4.35. The Kier molecular flexibility index (Phi) is 4.76. The van der Waals surface area contributed by atoms with Crippen molar-refractivity contribution in [3.63, 3.8) is 0 Å². The fraction of sp³-hybridized carbons (Fsp3) is 0.550. The third-order valence-electron chi connectivity index (χ3n) is 5.87. The monoisotopic (exact) mass is 389 g/mol. The van der Waals surface area contributed by atoms with Gasteiger partial charge in [0.25, 0.3) is 0 Å². The molecule has 1 saturated heterocycles. The van der Waals surface area contributed by atoms with Gasteiger partial charge in [0.1, 0.15) is 0 Å². The Balaban J connectivity index is 1.42. The second-order valence-corrected chi connectivity index (χ2v) is 9.97. The van der Waals surface area contributed by atoms with Crippen molar-refractivity contribution >= 4 is 26.8 Å². The predicted molar refractivity (Wildman–Crippen MR) is 106 cm³/mol. The number of hydrogen-bond donors (Lipinski definition) is 2. The molecule has 27 heavy (non-hydrogen) atoms. The fourth-order valence-electron chi connectivity index (χ4n) is 4.35. The van der Waals surface area contributed by atoms with Crippen molar-refractivity contribution in [2.45, 2.75) is 44.1 Å². The van der Waals surface area contributed by atoms with Gasteiger partial charge in [0.2, 0.25) is 15.9 Å². The van der Waals surface area contributed by atoms with Gasteiger partial charge in [0.15, 0.2) is 0 Å². The van der Waals surface area contributed by atoms with Gasteiger partial charge in [-0.05, 0) is 36.8 Å². The largest absolute Gasteiger partial charge is 0.361 e. The van der Waals surface area contributed by atoms with Crippen molar-refractivity contribution in [2.75, 3.05) is 19.3 Å². The summed E-state index contributed by atoms with van der Waals surface area (Å²) in [5.74, 6) is 0.742. The molecule has 2 aromatic rings. The lowest BCUT2D eigenvalue weighted by atomic mass is 9.83. The maximum Gasteiger partial charge on any atom is 0.227 e. The predicted octanol–water partition coefficient (Wildman–Crippen LogP) is 2.42. The SMILES string of the molecule is CS(=O)(=O)NC1(CC2CC2)CCN(C(=O)Cc2c[nH]c3ccccc23)CC1. The minimum Gasteiger partial charge on any atom is -0.361 e. The van der Waals surface area contributed by atoms with Gasteiger partial charge in [-0.3, -0.25) is 4.79 Å². The first-order valence-corrected chi connectivity index (χ1v) is 11.5. The molecule has 1 amide bonds. The standard InChI is InChI=1S/C20H27N3O3S/c1-27(25,26)22-20(13-15-6-7-15)8-10-23(11-9-20)19(24)12-16-14-21-18-5-3-2-4-17(16)18/h2-5,14-15,21-22H,6-13H2,1H3. The van der Waals surface area contributed by atoms with Gasteiger partial charge in [-0.1, -0.05) is 31.0 Å².